The minimum Gasteiger partial charge on any atom is -0.305 e. The summed E-state index contributed by atoms with van der Waals surface area (Å²) in [6.07, 6.45) is 0. The van der Waals surface area contributed by atoms with E-state index in [9.17, 15) is 4.39 Å². The molecule has 0 saturated carbocycles. The molecule has 60 valence electrons. The second-order valence-electron chi connectivity index (χ2n) is 2.25. The molecule has 0 bridgehead atoms. The number of benzene rings is 1. The minimum absolute atomic E-state index is 0.0919. The number of halogens is 1. The first-order valence-electron chi connectivity index (χ1n) is 3.35. The SMILES string of the molecule is CNC(S)c1cccc(F)c1. The lowest BCUT2D eigenvalue weighted by Crippen LogP contribution is -2.09. The van der Waals surface area contributed by atoms with Gasteiger partial charge in [0.25, 0.3) is 0 Å². The van der Waals surface area contributed by atoms with Crippen LogP contribution in [0.4, 0.5) is 4.39 Å². The molecule has 1 rings (SSSR count). The van der Waals surface area contributed by atoms with Crippen molar-refractivity contribution >= 4 is 12.6 Å². The molecule has 0 aliphatic heterocycles. The molecule has 0 saturated heterocycles. The highest BCUT2D eigenvalue weighted by atomic mass is 32.1. The van der Waals surface area contributed by atoms with E-state index >= 15 is 0 Å². The molecule has 11 heavy (non-hydrogen) atoms. The highest BCUT2D eigenvalue weighted by molar-refractivity contribution is 7.80. The lowest BCUT2D eigenvalue weighted by molar-refractivity contribution is 0.623. The van der Waals surface area contributed by atoms with Gasteiger partial charge in [0, 0.05) is 0 Å². The summed E-state index contributed by atoms with van der Waals surface area (Å²) in [5.41, 5.74) is 0.843. The zero-order valence-electron chi connectivity index (χ0n) is 6.21. The van der Waals surface area contributed by atoms with Gasteiger partial charge < -0.3 is 5.32 Å². The van der Waals surface area contributed by atoms with E-state index in [1.807, 2.05) is 6.07 Å². The van der Waals surface area contributed by atoms with E-state index in [4.69, 9.17) is 0 Å². The molecule has 0 aliphatic carbocycles. The summed E-state index contributed by atoms with van der Waals surface area (Å²) in [6, 6.07) is 6.39. The summed E-state index contributed by atoms with van der Waals surface area (Å²) >= 11 is 4.19. The monoisotopic (exact) mass is 171 g/mol. The van der Waals surface area contributed by atoms with Crippen LogP contribution < -0.4 is 5.32 Å². The van der Waals surface area contributed by atoms with Crippen LogP contribution in [0.25, 0.3) is 0 Å². The Hall–Kier alpha value is -0.540. The predicted octanol–water partition coefficient (Wildman–Crippen LogP) is 1.97. The largest absolute Gasteiger partial charge is 0.305 e. The van der Waals surface area contributed by atoms with E-state index in [0.29, 0.717) is 0 Å². The molecule has 0 spiro atoms. The van der Waals surface area contributed by atoms with Crippen molar-refractivity contribution in [3.63, 3.8) is 0 Å². The van der Waals surface area contributed by atoms with Gasteiger partial charge in [0.2, 0.25) is 0 Å². The van der Waals surface area contributed by atoms with Crippen molar-refractivity contribution in [2.45, 2.75) is 5.37 Å². The van der Waals surface area contributed by atoms with E-state index in [-0.39, 0.29) is 11.2 Å². The normalized spacial score (nSPS) is 13.0. The van der Waals surface area contributed by atoms with Gasteiger partial charge in [-0.1, -0.05) is 12.1 Å². The Morgan fingerprint density at radius 2 is 2.27 bits per heavy atom. The maximum Gasteiger partial charge on any atom is 0.123 e. The van der Waals surface area contributed by atoms with Gasteiger partial charge in [-0.3, -0.25) is 0 Å². The van der Waals surface area contributed by atoms with Gasteiger partial charge in [-0.2, -0.15) is 12.6 Å². The van der Waals surface area contributed by atoms with Crippen molar-refractivity contribution in [1.29, 1.82) is 0 Å². The lowest BCUT2D eigenvalue weighted by atomic mass is 10.2. The molecule has 1 aromatic rings. The van der Waals surface area contributed by atoms with Gasteiger partial charge in [0.05, 0.1) is 5.37 Å². The Bertz CT molecular complexity index is 239. The van der Waals surface area contributed by atoms with E-state index in [1.54, 1.807) is 13.1 Å². The Balaban J connectivity index is 2.86. The van der Waals surface area contributed by atoms with Crippen LogP contribution in [0.5, 0.6) is 0 Å². The molecular formula is C8H10FNS. The molecule has 1 atom stereocenters. The van der Waals surface area contributed by atoms with Crippen LogP contribution in [-0.2, 0) is 0 Å². The number of thiol groups is 1. The quantitative estimate of drug-likeness (QED) is 0.512. The minimum atomic E-state index is -0.225. The van der Waals surface area contributed by atoms with Gasteiger partial charge in [-0.25, -0.2) is 4.39 Å². The molecule has 0 aromatic heterocycles. The van der Waals surface area contributed by atoms with Crippen molar-refractivity contribution in [3.8, 4) is 0 Å². The number of nitrogens with one attached hydrogen (secondary N) is 1. The van der Waals surface area contributed by atoms with Crippen LogP contribution in [-0.4, -0.2) is 7.05 Å². The zero-order chi connectivity index (χ0) is 8.27. The molecule has 1 aromatic carbocycles. The van der Waals surface area contributed by atoms with Crippen molar-refractivity contribution in [2.24, 2.45) is 0 Å². The smallest absolute Gasteiger partial charge is 0.123 e. The van der Waals surface area contributed by atoms with Crippen LogP contribution in [0.3, 0.4) is 0 Å². The first-order chi connectivity index (χ1) is 5.24. The molecule has 1 N–H and O–H groups in total. The van der Waals surface area contributed by atoms with E-state index in [1.165, 1.54) is 12.1 Å². The number of hydrogen-bond acceptors (Lipinski definition) is 2. The topological polar surface area (TPSA) is 12.0 Å². The zero-order valence-corrected chi connectivity index (χ0v) is 7.11. The Morgan fingerprint density at radius 1 is 1.55 bits per heavy atom. The first kappa shape index (κ1) is 8.56. The summed E-state index contributed by atoms with van der Waals surface area (Å²) in [6.45, 7) is 0. The van der Waals surface area contributed by atoms with E-state index in [2.05, 4.69) is 17.9 Å². The molecule has 1 nitrogen and oxygen atoms in total. The van der Waals surface area contributed by atoms with Gasteiger partial charge in [-0.15, -0.1) is 0 Å². The highest BCUT2D eigenvalue weighted by Gasteiger charge is 2.02. The number of rotatable bonds is 2. The van der Waals surface area contributed by atoms with E-state index in [0.717, 1.165) is 5.56 Å². The lowest BCUT2D eigenvalue weighted by Gasteiger charge is -2.08. The maximum absolute atomic E-state index is 12.6. The van der Waals surface area contributed by atoms with Crippen LogP contribution in [0, 0.1) is 5.82 Å². The van der Waals surface area contributed by atoms with Crippen molar-refractivity contribution < 1.29 is 4.39 Å². The highest BCUT2D eigenvalue weighted by Crippen LogP contribution is 2.16. The molecule has 0 fully saturated rings. The Kier molecular flexibility index (Phi) is 2.91. The van der Waals surface area contributed by atoms with Crippen molar-refractivity contribution in [1.82, 2.24) is 5.32 Å². The average molecular weight is 171 g/mol. The predicted molar refractivity (Wildman–Crippen MR) is 47.2 cm³/mol. The second-order valence-corrected chi connectivity index (χ2v) is 2.76. The fourth-order valence-corrected chi connectivity index (χ4v) is 1.00. The fraction of sp³-hybridized carbons (Fsp3) is 0.250. The number of hydrogen-bond donors (Lipinski definition) is 2. The van der Waals surface area contributed by atoms with Crippen molar-refractivity contribution in [2.75, 3.05) is 7.05 Å². The molecule has 0 aliphatic rings. The summed E-state index contributed by atoms with van der Waals surface area (Å²) in [7, 11) is 1.78. The van der Waals surface area contributed by atoms with Gasteiger partial charge >= 0.3 is 0 Å². The Labute approximate surface area is 71.0 Å². The third-order valence-corrected chi connectivity index (χ3v) is 1.99. The average Bonchev–Trinajstić information content (AvgIpc) is 2.03. The summed E-state index contributed by atoms with van der Waals surface area (Å²) in [4.78, 5) is 0. The molecule has 1 unspecified atom stereocenters. The molecular weight excluding hydrogens is 161 g/mol. The van der Waals surface area contributed by atoms with Crippen molar-refractivity contribution in [3.05, 3.63) is 35.6 Å². The second kappa shape index (κ2) is 3.74. The van der Waals surface area contributed by atoms with Crippen LogP contribution in [0.15, 0.2) is 24.3 Å². The summed E-state index contributed by atoms with van der Waals surface area (Å²) in [5, 5.41) is 2.81. The van der Waals surface area contributed by atoms with Crippen LogP contribution >= 0.6 is 12.6 Å². The molecule has 0 radical (unpaired) electrons. The van der Waals surface area contributed by atoms with Gasteiger partial charge in [0.15, 0.2) is 0 Å². The third kappa shape index (κ3) is 2.20. The summed E-state index contributed by atoms with van der Waals surface area (Å²) < 4.78 is 12.6. The Morgan fingerprint density at radius 3 is 2.82 bits per heavy atom. The standard InChI is InChI=1S/C8H10FNS/c1-10-8(11)6-3-2-4-7(9)5-6/h2-5,8,10-11H,1H3. The van der Waals surface area contributed by atoms with Gasteiger partial charge in [0.1, 0.15) is 5.82 Å². The van der Waals surface area contributed by atoms with Crippen LogP contribution in [0.1, 0.15) is 10.9 Å². The first-order valence-corrected chi connectivity index (χ1v) is 3.86. The maximum atomic E-state index is 12.6. The van der Waals surface area contributed by atoms with E-state index < -0.39 is 0 Å². The van der Waals surface area contributed by atoms with Crippen LogP contribution in [0.2, 0.25) is 0 Å². The molecule has 3 heteroatoms. The summed E-state index contributed by atoms with van der Waals surface area (Å²) in [5.74, 6) is -0.225. The third-order valence-electron chi connectivity index (χ3n) is 1.44. The van der Waals surface area contributed by atoms with Gasteiger partial charge in [-0.05, 0) is 24.7 Å². The molecule has 0 amide bonds. The molecule has 0 heterocycles. The fourth-order valence-electron chi connectivity index (χ4n) is 0.843.